The fourth-order valence-electron chi connectivity index (χ4n) is 2.94. The Balaban J connectivity index is 1.31. The van der Waals surface area contributed by atoms with Crippen LogP contribution in [0.1, 0.15) is 22.8 Å². The number of hydrogen-bond donors (Lipinski definition) is 1. The van der Waals surface area contributed by atoms with Crippen LogP contribution in [0.5, 0.6) is 0 Å². The van der Waals surface area contributed by atoms with E-state index in [1.807, 2.05) is 6.07 Å². The molecule has 0 radical (unpaired) electrons. The summed E-state index contributed by atoms with van der Waals surface area (Å²) < 4.78 is 45.6. The van der Waals surface area contributed by atoms with Crippen LogP contribution in [0.15, 0.2) is 59.3 Å². The van der Waals surface area contributed by atoms with E-state index in [1.165, 1.54) is 35.7 Å². The van der Waals surface area contributed by atoms with Gasteiger partial charge in [-0.05, 0) is 29.8 Å². The van der Waals surface area contributed by atoms with E-state index in [1.54, 1.807) is 12.3 Å². The third-order valence-corrected chi connectivity index (χ3v) is 5.30. The van der Waals surface area contributed by atoms with Crippen molar-refractivity contribution in [2.75, 3.05) is 5.32 Å². The van der Waals surface area contributed by atoms with Gasteiger partial charge in [0.1, 0.15) is 17.5 Å². The summed E-state index contributed by atoms with van der Waals surface area (Å²) in [6, 6.07) is 9.48. The highest BCUT2D eigenvalue weighted by Gasteiger charge is 2.14. The van der Waals surface area contributed by atoms with E-state index in [4.69, 9.17) is 4.42 Å². The van der Waals surface area contributed by atoms with Gasteiger partial charge in [-0.25, -0.2) is 23.1 Å². The first-order valence-corrected chi connectivity index (χ1v) is 10.2. The molecule has 5 nitrogen and oxygen atoms in total. The maximum absolute atomic E-state index is 13.8. The van der Waals surface area contributed by atoms with E-state index in [-0.39, 0.29) is 41.8 Å². The zero-order chi connectivity index (χ0) is 21.8. The summed E-state index contributed by atoms with van der Waals surface area (Å²) in [5.41, 5.74) is 0.914. The summed E-state index contributed by atoms with van der Waals surface area (Å²) in [4.78, 5) is 21.3. The van der Waals surface area contributed by atoms with Crippen LogP contribution in [-0.4, -0.2) is 15.9 Å². The van der Waals surface area contributed by atoms with Crippen LogP contribution in [-0.2, 0) is 17.6 Å². The summed E-state index contributed by atoms with van der Waals surface area (Å²) >= 11 is 1.31. The normalized spacial score (nSPS) is 10.9. The molecule has 0 aliphatic heterocycles. The SMILES string of the molecule is O=C(CCc1ncc(-c2ccc(F)cc2F)o1)Nc1ncc(Cc2cccc(F)c2)s1. The van der Waals surface area contributed by atoms with Gasteiger partial charge in [0.15, 0.2) is 16.8 Å². The van der Waals surface area contributed by atoms with E-state index < -0.39 is 11.6 Å². The van der Waals surface area contributed by atoms with Crippen molar-refractivity contribution in [3.8, 4) is 11.3 Å². The molecule has 0 unspecified atom stereocenters. The van der Waals surface area contributed by atoms with Crippen LogP contribution in [0.2, 0.25) is 0 Å². The maximum atomic E-state index is 13.8. The monoisotopic (exact) mass is 443 g/mol. The van der Waals surface area contributed by atoms with Crippen molar-refractivity contribution < 1.29 is 22.4 Å². The average Bonchev–Trinajstić information content (AvgIpc) is 3.36. The van der Waals surface area contributed by atoms with Gasteiger partial charge in [-0.1, -0.05) is 12.1 Å². The topological polar surface area (TPSA) is 68.0 Å². The number of carbonyl (C=O) groups excluding carboxylic acids is 1. The fraction of sp³-hybridized carbons (Fsp3) is 0.136. The molecular weight excluding hydrogens is 427 g/mol. The summed E-state index contributed by atoms with van der Waals surface area (Å²) in [6.45, 7) is 0. The van der Waals surface area contributed by atoms with Crippen molar-refractivity contribution in [1.82, 2.24) is 9.97 Å². The Hall–Kier alpha value is -3.46. The van der Waals surface area contributed by atoms with Crippen LogP contribution >= 0.6 is 11.3 Å². The van der Waals surface area contributed by atoms with Gasteiger partial charge >= 0.3 is 0 Å². The quantitative estimate of drug-likeness (QED) is 0.417. The average molecular weight is 443 g/mol. The molecule has 0 aliphatic carbocycles. The van der Waals surface area contributed by atoms with Gasteiger partial charge in [0.2, 0.25) is 5.91 Å². The molecule has 2 aromatic heterocycles. The van der Waals surface area contributed by atoms with Gasteiger partial charge in [-0.2, -0.15) is 0 Å². The second-order valence-corrected chi connectivity index (χ2v) is 7.84. The van der Waals surface area contributed by atoms with E-state index >= 15 is 0 Å². The first-order chi connectivity index (χ1) is 15.0. The first-order valence-electron chi connectivity index (χ1n) is 9.35. The minimum absolute atomic E-state index is 0.0880. The Bertz CT molecular complexity index is 1220. The number of nitrogens with one attached hydrogen (secondary N) is 1. The van der Waals surface area contributed by atoms with E-state index in [2.05, 4.69) is 15.3 Å². The van der Waals surface area contributed by atoms with Crippen molar-refractivity contribution >= 4 is 22.4 Å². The molecule has 2 heterocycles. The van der Waals surface area contributed by atoms with E-state index in [0.29, 0.717) is 11.6 Å². The lowest BCUT2D eigenvalue weighted by Gasteiger charge is -2.01. The standard InChI is InChI=1S/C22H16F3N3O2S/c23-14-3-1-2-13(8-14)9-16-11-27-22(31-16)28-20(29)6-7-21-26-12-19(30-21)17-5-4-15(24)10-18(17)25/h1-5,8,10-12H,6-7,9H2,(H,27,28,29). The number of carbonyl (C=O) groups is 1. The number of benzene rings is 2. The molecule has 1 N–H and O–H groups in total. The van der Waals surface area contributed by atoms with Crippen LogP contribution in [0.4, 0.5) is 18.3 Å². The minimum atomic E-state index is -0.752. The lowest BCUT2D eigenvalue weighted by atomic mass is 10.1. The highest BCUT2D eigenvalue weighted by Crippen LogP contribution is 2.25. The van der Waals surface area contributed by atoms with Crippen molar-refractivity contribution in [2.45, 2.75) is 19.3 Å². The van der Waals surface area contributed by atoms with Gasteiger partial charge in [-0.3, -0.25) is 4.79 Å². The number of halogens is 3. The van der Waals surface area contributed by atoms with Crippen LogP contribution < -0.4 is 5.32 Å². The number of oxazole rings is 1. The second-order valence-electron chi connectivity index (χ2n) is 6.73. The number of amides is 1. The number of nitrogens with zero attached hydrogens (tertiary/aromatic N) is 2. The summed E-state index contributed by atoms with van der Waals surface area (Å²) in [5, 5.41) is 3.15. The Kier molecular flexibility index (Phi) is 6.13. The molecule has 0 atom stereocenters. The minimum Gasteiger partial charge on any atom is -0.441 e. The predicted octanol–water partition coefficient (Wildman–Crippen LogP) is 5.38. The number of aromatic nitrogens is 2. The molecule has 0 spiro atoms. The molecule has 1 amide bonds. The number of aryl methyl sites for hydroxylation is 1. The summed E-state index contributed by atoms with van der Waals surface area (Å²) in [6.07, 6.45) is 3.79. The molecule has 0 saturated carbocycles. The third kappa shape index (κ3) is 5.37. The number of thiazole rings is 1. The molecule has 0 bridgehead atoms. The van der Waals surface area contributed by atoms with E-state index in [9.17, 15) is 18.0 Å². The zero-order valence-corrected chi connectivity index (χ0v) is 16.9. The van der Waals surface area contributed by atoms with Gasteiger partial charge in [0, 0.05) is 36.4 Å². The lowest BCUT2D eigenvalue weighted by molar-refractivity contribution is -0.116. The number of anilines is 1. The maximum Gasteiger partial charge on any atom is 0.226 e. The number of rotatable bonds is 7. The molecule has 158 valence electrons. The molecule has 2 aromatic carbocycles. The van der Waals surface area contributed by atoms with Crippen molar-refractivity contribution in [2.24, 2.45) is 0 Å². The van der Waals surface area contributed by atoms with Crippen LogP contribution in [0.25, 0.3) is 11.3 Å². The highest BCUT2D eigenvalue weighted by molar-refractivity contribution is 7.15. The molecule has 31 heavy (non-hydrogen) atoms. The molecule has 4 rings (SSSR count). The van der Waals surface area contributed by atoms with Gasteiger partial charge in [-0.15, -0.1) is 11.3 Å². The second kappa shape index (κ2) is 9.13. The largest absolute Gasteiger partial charge is 0.441 e. The summed E-state index contributed by atoms with van der Waals surface area (Å²) in [7, 11) is 0. The molecular formula is C22H16F3N3O2S. The van der Waals surface area contributed by atoms with Gasteiger partial charge < -0.3 is 9.73 Å². The van der Waals surface area contributed by atoms with Crippen molar-refractivity contribution in [3.63, 3.8) is 0 Å². The van der Waals surface area contributed by atoms with Crippen LogP contribution in [0.3, 0.4) is 0 Å². The Morgan fingerprint density at radius 3 is 2.68 bits per heavy atom. The number of hydrogen-bond acceptors (Lipinski definition) is 5. The van der Waals surface area contributed by atoms with Crippen molar-refractivity contribution in [3.05, 3.63) is 88.6 Å². The smallest absolute Gasteiger partial charge is 0.226 e. The Morgan fingerprint density at radius 1 is 1.03 bits per heavy atom. The predicted molar refractivity (Wildman–Crippen MR) is 110 cm³/mol. The Labute approximate surface area is 179 Å². The van der Waals surface area contributed by atoms with Gasteiger partial charge in [0.25, 0.3) is 0 Å². The third-order valence-electron chi connectivity index (χ3n) is 4.38. The molecule has 4 aromatic rings. The molecule has 0 aliphatic rings. The van der Waals surface area contributed by atoms with Crippen LogP contribution in [0, 0.1) is 17.5 Å². The van der Waals surface area contributed by atoms with Gasteiger partial charge in [0.05, 0.1) is 11.8 Å². The Morgan fingerprint density at radius 2 is 1.87 bits per heavy atom. The first kappa shape index (κ1) is 20.8. The fourth-order valence-corrected chi connectivity index (χ4v) is 3.80. The van der Waals surface area contributed by atoms with E-state index in [0.717, 1.165) is 22.6 Å². The zero-order valence-electron chi connectivity index (χ0n) is 16.1. The lowest BCUT2D eigenvalue weighted by Crippen LogP contribution is -2.12. The summed E-state index contributed by atoms with van der Waals surface area (Å²) in [5.74, 6) is -1.58. The molecule has 9 heteroatoms. The molecule has 0 saturated heterocycles. The molecule has 0 fully saturated rings. The highest BCUT2D eigenvalue weighted by atomic mass is 32.1. The van der Waals surface area contributed by atoms with Crippen molar-refractivity contribution in [1.29, 1.82) is 0 Å².